The van der Waals surface area contributed by atoms with E-state index in [1.807, 2.05) is 12.1 Å². The molecule has 0 aliphatic carbocycles. The molecule has 0 saturated carbocycles. The highest BCUT2D eigenvalue weighted by Gasteiger charge is 2.16. The Morgan fingerprint density at radius 3 is 2.32 bits per heavy atom. The monoisotopic (exact) mass is 342 g/mol. The number of rotatable bonds is 4. The maximum atomic E-state index is 11.7. The lowest BCUT2D eigenvalue weighted by Gasteiger charge is -2.19. The van der Waals surface area contributed by atoms with Crippen molar-refractivity contribution in [1.29, 1.82) is 0 Å². The molecule has 0 fully saturated rings. The second kappa shape index (κ2) is 7.65. The van der Waals surface area contributed by atoms with Crippen LogP contribution in [0.25, 0.3) is 0 Å². The molecule has 0 bridgehead atoms. The highest BCUT2D eigenvalue weighted by Crippen LogP contribution is 2.20. The first kappa shape index (κ1) is 18.3. The van der Waals surface area contributed by atoms with Gasteiger partial charge in [0.15, 0.2) is 0 Å². The highest BCUT2D eigenvalue weighted by molar-refractivity contribution is 5.89. The van der Waals surface area contributed by atoms with Crippen molar-refractivity contribution in [1.82, 2.24) is 4.98 Å². The van der Waals surface area contributed by atoms with Crippen molar-refractivity contribution >= 4 is 34.9 Å². The van der Waals surface area contributed by atoms with Gasteiger partial charge in [0.1, 0.15) is 11.4 Å². The van der Waals surface area contributed by atoms with Gasteiger partial charge in [-0.2, -0.15) is 0 Å². The molecule has 7 nitrogen and oxygen atoms in total. The van der Waals surface area contributed by atoms with Crippen LogP contribution in [0.5, 0.6) is 0 Å². The van der Waals surface area contributed by atoms with E-state index in [9.17, 15) is 9.59 Å². The van der Waals surface area contributed by atoms with Crippen LogP contribution >= 0.6 is 0 Å². The molecule has 0 aliphatic rings. The van der Waals surface area contributed by atoms with Gasteiger partial charge in [-0.1, -0.05) is 6.07 Å². The van der Waals surface area contributed by atoms with Crippen molar-refractivity contribution in [3.05, 3.63) is 42.6 Å². The summed E-state index contributed by atoms with van der Waals surface area (Å²) in [6, 6.07) is 10.7. The number of pyridine rings is 1. The van der Waals surface area contributed by atoms with E-state index in [-0.39, 0.29) is 5.91 Å². The van der Waals surface area contributed by atoms with E-state index in [4.69, 9.17) is 4.74 Å². The van der Waals surface area contributed by atoms with Crippen LogP contribution in [0, 0.1) is 0 Å². The molecule has 0 saturated heterocycles. The van der Waals surface area contributed by atoms with Gasteiger partial charge >= 0.3 is 6.09 Å². The van der Waals surface area contributed by atoms with Crippen LogP contribution in [0.15, 0.2) is 42.6 Å². The molecular formula is C18H22N4O3. The molecule has 0 spiro atoms. The first-order valence-corrected chi connectivity index (χ1v) is 7.82. The molecule has 0 unspecified atom stereocenters. The molecule has 1 heterocycles. The fraction of sp³-hybridized carbons (Fsp3) is 0.278. The van der Waals surface area contributed by atoms with E-state index < -0.39 is 11.7 Å². The Morgan fingerprint density at radius 1 is 1.00 bits per heavy atom. The third-order valence-electron chi connectivity index (χ3n) is 2.86. The Hall–Kier alpha value is -3.09. The number of aromatic nitrogens is 1. The summed E-state index contributed by atoms with van der Waals surface area (Å²) in [7, 11) is 0. The van der Waals surface area contributed by atoms with E-state index in [0.717, 1.165) is 5.69 Å². The Morgan fingerprint density at radius 2 is 1.72 bits per heavy atom. The molecule has 3 N–H and O–H groups in total. The third-order valence-corrected chi connectivity index (χ3v) is 2.86. The molecule has 0 atom stereocenters. The van der Waals surface area contributed by atoms with Gasteiger partial charge in [0.05, 0.1) is 11.9 Å². The van der Waals surface area contributed by atoms with Crippen LogP contribution in [0.2, 0.25) is 0 Å². The minimum Gasteiger partial charge on any atom is -0.444 e. The van der Waals surface area contributed by atoms with Crippen molar-refractivity contribution in [3.63, 3.8) is 0 Å². The summed E-state index contributed by atoms with van der Waals surface area (Å²) >= 11 is 0. The number of ether oxygens (including phenoxy) is 1. The average molecular weight is 342 g/mol. The Kier molecular flexibility index (Phi) is 5.59. The molecule has 1 aromatic heterocycles. The second-order valence-corrected chi connectivity index (χ2v) is 6.45. The largest absolute Gasteiger partial charge is 0.444 e. The zero-order valence-electron chi connectivity index (χ0n) is 14.7. The maximum absolute atomic E-state index is 11.7. The van der Waals surface area contributed by atoms with Gasteiger partial charge in [-0.05, 0) is 51.1 Å². The SMILES string of the molecule is CC(=O)Nc1cccc(Nc2ccc(NC(=O)OC(C)(C)C)cn2)c1. The van der Waals surface area contributed by atoms with Crippen molar-refractivity contribution in [2.45, 2.75) is 33.3 Å². The summed E-state index contributed by atoms with van der Waals surface area (Å²) in [6.07, 6.45) is 1.00. The van der Waals surface area contributed by atoms with Gasteiger partial charge in [0.2, 0.25) is 5.91 Å². The first-order chi connectivity index (χ1) is 11.7. The first-order valence-electron chi connectivity index (χ1n) is 7.82. The Labute approximate surface area is 146 Å². The maximum Gasteiger partial charge on any atom is 0.412 e. The molecule has 0 radical (unpaired) electrons. The van der Waals surface area contributed by atoms with Gasteiger partial charge in [-0.25, -0.2) is 9.78 Å². The predicted molar refractivity (Wildman–Crippen MR) is 98.1 cm³/mol. The number of nitrogens with zero attached hydrogens (tertiary/aromatic N) is 1. The number of nitrogens with one attached hydrogen (secondary N) is 3. The Balaban J connectivity index is 1.98. The summed E-state index contributed by atoms with van der Waals surface area (Å²) in [5, 5.41) is 8.47. The molecule has 25 heavy (non-hydrogen) atoms. The van der Waals surface area contributed by atoms with Crippen LogP contribution in [-0.2, 0) is 9.53 Å². The molecule has 132 valence electrons. The minimum atomic E-state index is -0.558. The van der Waals surface area contributed by atoms with Gasteiger partial charge < -0.3 is 15.4 Å². The normalized spacial score (nSPS) is 10.7. The summed E-state index contributed by atoms with van der Waals surface area (Å²) in [6.45, 7) is 6.85. The lowest BCUT2D eigenvalue weighted by atomic mass is 10.2. The van der Waals surface area contributed by atoms with Gasteiger partial charge in [-0.3, -0.25) is 10.1 Å². The molecule has 7 heteroatoms. The Bertz CT molecular complexity index is 752. The minimum absolute atomic E-state index is 0.132. The summed E-state index contributed by atoms with van der Waals surface area (Å²) in [5.41, 5.74) is 1.46. The number of anilines is 4. The lowest BCUT2D eigenvalue weighted by molar-refractivity contribution is -0.114. The van der Waals surface area contributed by atoms with E-state index in [1.54, 1.807) is 45.0 Å². The topological polar surface area (TPSA) is 92.4 Å². The number of carbonyl (C=O) groups excluding carboxylic acids is 2. The van der Waals surface area contributed by atoms with Gasteiger partial charge in [0.25, 0.3) is 0 Å². The van der Waals surface area contributed by atoms with Crippen LogP contribution in [-0.4, -0.2) is 22.6 Å². The van der Waals surface area contributed by atoms with E-state index in [2.05, 4.69) is 20.9 Å². The highest BCUT2D eigenvalue weighted by atomic mass is 16.6. The second-order valence-electron chi connectivity index (χ2n) is 6.45. The predicted octanol–water partition coefficient (Wildman–Crippen LogP) is 4.13. The van der Waals surface area contributed by atoms with Crippen LogP contribution in [0.3, 0.4) is 0 Å². The quantitative estimate of drug-likeness (QED) is 0.777. The number of benzene rings is 1. The fourth-order valence-electron chi connectivity index (χ4n) is 1.99. The van der Waals surface area contributed by atoms with Gasteiger partial charge in [0, 0.05) is 18.3 Å². The molecule has 2 aromatic rings. The third kappa shape index (κ3) is 6.50. The molecule has 0 aliphatic heterocycles. The lowest BCUT2D eigenvalue weighted by Crippen LogP contribution is -2.27. The van der Waals surface area contributed by atoms with Crippen molar-refractivity contribution in [3.8, 4) is 0 Å². The molecule has 1 aromatic carbocycles. The number of amides is 2. The smallest absolute Gasteiger partial charge is 0.412 e. The molecule has 2 rings (SSSR count). The van der Waals surface area contributed by atoms with Gasteiger partial charge in [-0.15, -0.1) is 0 Å². The van der Waals surface area contributed by atoms with Crippen molar-refractivity contribution < 1.29 is 14.3 Å². The van der Waals surface area contributed by atoms with E-state index >= 15 is 0 Å². The number of carbonyl (C=O) groups is 2. The average Bonchev–Trinajstić information content (AvgIpc) is 2.47. The summed E-state index contributed by atoms with van der Waals surface area (Å²) in [5.74, 6) is 0.475. The van der Waals surface area contributed by atoms with E-state index in [0.29, 0.717) is 17.2 Å². The van der Waals surface area contributed by atoms with Crippen LogP contribution in [0.4, 0.5) is 27.7 Å². The van der Waals surface area contributed by atoms with Crippen LogP contribution in [0.1, 0.15) is 27.7 Å². The number of hydrogen-bond donors (Lipinski definition) is 3. The molecular weight excluding hydrogens is 320 g/mol. The fourth-order valence-corrected chi connectivity index (χ4v) is 1.99. The zero-order chi connectivity index (χ0) is 18.4. The zero-order valence-corrected chi connectivity index (χ0v) is 14.7. The van der Waals surface area contributed by atoms with E-state index in [1.165, 1.54) is 13.1 Å². The van der Waals surface area contributed by atoms with Crippen molar-refractivity contribution in [2.75, 3.05) is 16.0 Å². The number of hydrogen-bond acceptors (Lipinski definition) is 5. The standard InChI is InChI=1S/C18H22N4O3/c1-12(23)20-13-6-5-7-14(10-13)21-16-9-8-15(11-19-16)22-17(24)25-18(2,3)4/h5-11H,1-4H3,(H,19,21)(H,20,23)(H,22,24). The molecule has 2 amide bonds. The van der Waals surface area contributed by atoms with Crippen LogP contribution < -0.4 is 16.0 Å². The summed E-state index contributed by atoms with van der Waals surface area (Å²) in [4.78, 5) is 27.1. The summed E-state index contributed by atoms with van der Waals surface area (Å²) < 4.78 is 5.18. The van der Waals surface area contributed by atoms with Crippen molar-refractivity contribution in [2.24, 2.45) is 0 Å².